The molecule has 5 nitrogen and oxygen atoms in total. The monoisotopic (exact) mass is 250 g/mol. The van der Waals surface area contributed by atoms with Crippen LogP contribution < -0.4 is 11.1 Å². The maximum Gasteiger partial charge on any atom is 0.271 e. The summed E-state index contributed by atoms with van der Waals surface area (Å²) in [5.41, 5.74) is 6.32. The van der Waals surface area contributed by atoms with Gasteiger partial charge in [-0.05, 0) is 24.7 Å². The second-order valence-corrected chi connectivity index (χ2v) is 5.22. The van der Waals surface area contributed by atoms with Gasteiger partial charge in [0, 0.05) is 25.8 Å². The summed E-state index contributed by atoms with van der Waals surface area (Å²) in [4.78, 5) is 16.0. The molecular weight excluding hydrogens is 228 g/mol. The number of hydrogen-bond donors (Lipinski definition) is 2. The standard InChI is InChI=1S/C13H22N4O/c1-2-3-13(4-5-13)9-15-12(18)11-8-17(7-6-14)10-16-11/h8,10H,2-7,9,14H2,1H3,(H,15,18). The fourth-order valence-corrected chi connectivity index (χ4v) is 2.33. The fraction of sp³-hybridized carbons (Fsp3) is 0.692. The third-order valence-electron chi connectivity index (χ3n) is 3.61. The summed E-state index contributed by atoms with van der Waals surface area (Å²) >= 11 is 0. The molecule has 0 bridgehead atoms. The molecule has 1 saturated carbocycles. The van der Waals surface area contributed by atoms with Crippen molar-refractivity contribution in [3.8, 4) is 0 Å². The number of nitrogens with one attached hydrogen (secondary N) is 1. The molecule has 0 aliphatic heterocycles. The van der Waals surface area contributed by atoms with Crippen molar-refractivity contribution in [3.05, 3.63) is 18.2 Å². The summed E-state index contributed by atoms with van der Waals surface area (Å²) in [6.07, 6.45) is 8.27. The number of amides is 1. The van der Waals surface area contributed by atoms with E-state index in [1.54, 1.807) is 12.5 Å². The smallest absolute Gasteiger partial charge is 0.271 e. The van der Waals surface area contributed by atoms with Gasteiger partial charge in [0.25, 0.3) is 5.91 Å². The van der Waals surface area contributed by atoms with E-state index in [1.165, 1.54) is 25.7 Å². The van der Waals surface area contributed by atoms with Crippen molar-refractivity contribution in [1.82, 2.24) is 14.9 Å². The molecule has 1 heterocycles. The summed E-state index contributed by atoms with van der Waals surface area (Å²) in [5.74, 6) is -0.0758. The number of carbonyl (C=O) groups excluding carboxylic acids is 1. The Morgan fingerprint density at radius 2 is 2.39 bits per heavy atom. The van der Waals surface area contributed by atoms with Gasteiger partial charge in [-0.15, -0.1) is 0 Å². The van der Waals surface area contributed by atoms with Gasteiger partial charge >= 0.3 is 0 Å². The van der Waals surface area contributed by atoms with Crippen LogP contribution in [-0.2, 0) is 6.54 Å². The highest BCUT2D eigenvalue weighted by molar-refractivity contribution is 5.92. The number of nitrogens with zero attached hydrogens (tertiary/aromatic N) is 2. The molecule has 1 aliphatic rings. The first-order valence-electron chi connectivity index (χ1n) is 6.69. The molecule has 0 radical (unpaired) electrons. The minimum atomic E-state index is -0.0758. The number of imidazole rings is 1. The third-order valence-corrected chi connectivity index (χ3v) is 3.61. The van der Waals surface area contributed by atoms with Crippen LogP contribution in [0.25, 0.3) is 0 Å². The van der Waals surface area contributed by atoms with Crippen LogP contribution in [0.15, 0.2) is 12.5 Å². The zero-order chi connectivity index (χ0) is 13.0. The minimum absolute atomic E-state index is 0.0758. The van der Waals surface area contributed by atoms with Crippen molar-refractivity contribution in [2.24, 2.45) is 11.1 Å². The van der Waals surface area contributed by atoms with Gasteiger partial charge in [0.05, 0.1) is 6.33 Å². The highest BCUT2D eigenvalue weighted by Crippen LogP contribution is 2.48. The van der Waals surface area contributed by atoms with Crippen molar-refractivity contribution in [2.75, 3.05) is 13.1 Å². The van der Waals surface area contributed by atoms with Crippen molar-refractivity contribution >= 4 is 5.91 Å². The van der Waals surface area contributed by atoms with Crippen LogP contribution in [0.5, 0.6) is 0 Å². The Bertz CT molecular complexity index is 409. The Morgan fingerprint density at radius 1 is 1.61 bits per heavy atom. The number of carbonyl (C=O) groups is 1. The van der Waals surface area contributed by atoms with Crippen LogP contribution in [0.3, 0.4) is 0 Å². The van der Waals surface area contributed by atoms with Gasteiger partial charge in [-0.1, -0.05) is 13.3 Å². The number of aromatic nitrogens is 2. The summed E-state index contributed by atoms with van der Waals surface area (Å²) in [7, 11) is 0. The number of nitrogens with two attached hydrogens (primary N) is 1. The van der Waals surface area contributed by atoms with Crippen LogP contribution in [0.1, 0.15) is 43.1 Å². The minimum Gasteiger partial charge on any atom is -0.350 e. The Morgan fingerprint density at radius 3 is 3.00 bits per heavy atom. The molecule has 1 aromatic rings. The molecule has 0 unspecified atom stereocenters. The first kappa shape index (κ1) is 13.1. The van der Waals surface area contributed by atoms with Gasteiger partial charge in [-0.3, -0.25) is 4.79 Å². The molecule has 0 aromatic carbocycles. The van der Waals surface area contributed by atoms with Crippen LogP contribution in [-0.4, -0.2) is 28.5 Å². The first-order chi connectivity index (χ1) is 8.69. The Hall–Kier alpha value is -1.36. The van der Waals surface area contributed by atoms with E-state index < -0.39 is 0 Å². The quantitative estimate of drug-likeness (QED) is 0.762. The lowest BCUT2D eigenvalue weighted by Crippen LogP contribution is -2.30. The van der Waals surface area contributed by atoms with Gasteiger partial charge in [-0.25, -0.2) is 4.98 Å². The summed E-state index contributed by atoms with van der Waals surface area (Å²) in [6, 6.07) is 0. The maximum absolute atomic E-state index is 11.9. The lowest BCUT2D eigenvalue weighted by molar-refractivity contribution is 0.0939. The van der Waals surface area contributed by atoms with E-state index in [9.17, 15) is 4.79 Å². The third kappa shape index (κ3) is 3.10. The van der Waals surface area contributed by atoms with Crippen LogP contribution >= 0.6 is 0 Å². The van der Waals surface area contributed by atoms with Gasteiger partial charge in [0.15, 0.2) is 0 Å². The Labute approximate surface area is 108 Å². The highest BCUT2D eigenvalue weighted by atomic mass is 16.1. The van der Waals surface area contributed by atoms with Gasteiger partial charge in [-0.2, -0.15) is 0 Å². The van der Waals surface area contributed by atoms with Gasteiger partial charge < -0.3 is 15.6 Å². The van der Waals surface area contributed by atoms with Crippen molar-refractivity contribution in [3.63, 3.8) is 0 Å². The molecule has 100 valence electrons. The predicted molar refractivity (Wildman–Crippen MR) is 70.2 cm³/mol. The topological polar surface area (TPSA) is 72.9 Å². The molecule has 2 rings (SSSR count). The van der Waals surface area contributed by atoms with E-state index in [2.05, 4.69) is 17.2 Å². The second kappa shape index (κ2) is 5.52. The molecule has 3 N–H and O–H groups in total. The van der Waals surface area contributed by atoms with E-state index in [4.69, 9.17) is 5.73 Å². The molecule has 5 heteroatoms. The fourth-order valence-electron chi connectivity index (χ4n) is 2.33. The SMILES string of the molecule is CCCC1(CNC(=O)c2cn(CCN)cn2)CC1. The molecule has 1 aliphatic carbocycles. The van der Waals surface area contributed by atoms with Crippen LogP contribution in [0, 0.1) is 5.41 Å². The summed E-state index contributed by atoms with van der Waals surface area (Å²) in [5, 5.41) is 3.00. The zero-order valence-corrected chi connectivity index (χ0v) is 11.0. The van der Waals surface area contributed by atoms with Gasteiger partial charge in [0.2, 0.25) is 0 Å². The van der Waals surface area contributed by atoms with Crippen LogP contribution in [0.4, 0.5) is 0 Å². The molecule has 0 spiro atoms. The van der Waals surface area contributed by atoms with E-state index in [0.29, 0.717) is 24.2 Å². The Kier molecular flexibility index (Phi) is 4.01. The highest BCUT2D eigenvalue weighted by Gasteiger charge is 2.41. The first-order valence-corrected chi connectivity index (χ1v) is 6.69. The normalized spacial score (nSPS) is 16.6. The van der Waals surface area contributed by atoms with Crippen molar-refractivity contribution in [1.29, 1.82) is 0 Å². The molecule has 18 heavy (non-hydrogen) atoms. The van der Waals surface area contributed by atoms with Gasteiger partial charge in [0.1, 0.15) is 5.69 Å². The average molecular weight is 250 g/mol. The van der Waals surface area contributed by atoms with Crippen LogP contribution in [0.2, 0.25) is 0 Å². The largest absolute Gasteiger partial charge is 0.350 e. The predicted octanol–water partition coefficient (Wildman–Crippen LogP) is 1.15. The second-order valence-electron chi connectivity index (χ2n) is 5.22. The molecule has 0 saturated heterocycles. The number of hydrogen-bond acceptors (Lipinski definition) is 3. The Balaban J connectivity index is 1.83. The molecule has 1 aromatic heterocycles. The summed E-state index contributed by atoms with van der Waals surface area (Å²) in [6.45, 7) is 4.22. The average Bonchev–Trinajstić information content (AvgIpc) is 2.96. The molecular formula is C13H22N4O. The lowest BCUT2D eigenvalue weighted by atomic mass is 10.0. The van der Waals surface area contributed by atoms with E-state index in [1.807, 2.05) is 4.57 Å². The van der Waals surface area contributed by atoms with E-state index >= 15 is 0 Å². The number of rotatable bonds is 7. The van der Waals surface area contributed by atoms with Crippen molar-refractivity contribution < 1.29 is 4.79 Å². The molecule has 1 amide bonds. The summed E-state index contributed by atoms with van der Waals surface area (Å²) < 4.78 is 1.84. The zero-order valence-electron chi connectivity index (χ0n) is 11.0. The van der Waals surface area contributed by atoms with Crippen molar-refractivity contribution in [2.45, 2.75) is 39.2 Å². The van der Waals surface area contributed by atoms with E-state index in [0.717, 1.165) is 6.54 Å². The molecule has 0 atom stereocenters. The maximum atomic E-state index is 11.9. The van der Waals surface area contributed by atoms with E-state index in [-0.39, 0.29) is 5.91 Å². The molecule has 1 fully saturated rings. The lowest BCUT2D eigenvalue weighted by Gasteiger charge is -2.14.